The number of halogens is 1. The number of rotatable bonds is 6. The second-order valence-electron chi connectivity index (χ2n) is 3.63. The lowest BCUT2D eigenvalue weighted by Gasteiger charge is -2.03. The van der Waals surface area contributed by atoms with Crippen LogP contribution < -0.4 is 4.72 Å². The summed E-state index contributed by atoms with van der Waals surface area (Å²) in [5, 5.41) is 11.4. The van der Waals surface area contributed by atoms with E-state index in [9.17, 15) is 13.2 Å². The third kappa shape index (κ3) is 3.45. The molecule has 10 heteroatoms. The monoisotopic (exact) mass is 380 g/mol. The average Bonchev–Trinajstić information content (AvgIpc) is 2.98. The van der Waals surface area contributed by atoms with Crippen molar-refractivity contribution in [2.75, 3.05) is 6.54 Å². The van der Waals surface area contributed by atoms with Gasteiger partial charge in [-0.25, -0.2) is 22.9 Å². The second-order valence-corrected chi connectivity index (χ2v) is 7.06. The lowest BCUT2D eigenvalue weighted by molar-refractivity contribution is 0.0661. The highest BCUT2D eigenvalue weighted by atomic mass is 79.9. The van der Waals surface area contributed by atoms with E-state index in [-0.39, 0.29) is 16.1 Å². The maximum absolute atomic E-state index is 12.0. The van der Waals surface area contributed by atoms with Gasteiger partial charge in [0.1, 0.15) is 4.90 Å². The van der Waals surface area contributed by atoms with Crippen LogP contribution in [0.15, 0.2) is 31.6 Å². The number of carboxylic acid groups (broad SMARTS) is 1. The van der Waals surface area contributed by atoms with E-state index < -0.39 is 21.8 Å². The molecule has 20 heavy (non-hydrogen) atoms. The molecule has 0 bridgehead atoms. The smallest absolute Gasteiger partial charge is 0.371 e. The normalized spacial score (nSPS) is 11.7. The summed E-state index contributed by atoms with van der Waals surface area (Å²) in [5.74, 6) is -1.79. The third-order valence-corrected chi connectivity index (χ3v) is 5.43. The maximum atomic E-state index is 12.0. The van der Waals surface area contributed by atoms with Gasteiger partial charge in [-0.2, -0.15) is 0 Å². The van der Waals surface area contributed by atoms with E-state index in [4.69, 9.17) is 9.52 Å². The Morgan fingerprint density at radius 1 is 1.55 bits per heavy atom. The molecular formula is C10H9BrN2O5S2. The molecule has 0 saturated carbocycles. The van der Waals surface area contributed by atoms with Crippen LogP contribution >= 0.6 is 27.3 Å². The Morgan fingerprint density at radius 3 is 2.85 bits per heavy atom. The zero-order chi connectivity index (χ0) is 14.8. The van der Waals surface area contributed by atoms with Gasteiger partial charge in [-0.15, -0.1) is 11.3 Å². The molecule has 0 aliphatic heterocycles. The minimum atomic E-state index is -3.83. The molecular weight excluding hydrogens is 372 g/mol. The van der Waals surface area contributed by atoms with Gasteiger partial charge in [0.25, 0.3) is 0 Å². The number of sulfonamides is 1. The van der Waals surface area contributed by atoms with Gasteiger partial charge in [-0.3, -0.25) is 0 Å². The maximum Gasteiger partial charge on any atom is 0.371 e. The van der Waals surface area contributed by atoms with Gasteiger partial charge in [-0.05, 0) is 15.9 Å². The Morgan fingerprint density at radius 2 is 2.30 bits per heavy atom. The van der Waals surface area contributed by atoms with Crippen molar-refractivity contribution in [3.8, 4) is 0 Å². The standard InChI is InChI=1S/C10H9BrN2O5S2/c11-9-7(5-6(18-9)10(14)15)20(16,17)13-2-1-8-12-3-4-19-8/h3-5,13H,1-2H2,(H,14,15). The lowest BCUT2D eigenvalue weighted by atomic mass is 10.5. The molecule has 0 aliphatic rings. The van der Waals surface area contributed by atoms with E-state index in [1.165, 1.54) is 11.3 Å². The minimum absolute atomic E-state index is 0.142. The van der Waals surface area contributed by atoms with Crippen LogP contribution in [0.3, 0.4) is 0 Å². The molecule has 0 amide bonds. The van der Waals surface area contributed by atoms with Gasteiger partial charge in [0.15, 0.2) is 4.67 Å². The zero-order valence-corrected chi connectivity index (χ0v) is 13.1. The Bertz CT molecular complexity index is 708. The summed E-state index contributed by atoms with van der Waals surface area (Å²) in [7, 11) is -3.83. The average molecular weight is 381 g/mol. The van der Waals surface area contributed by atoms with Crippen LogP contribution in [0, 0.1) is 0 Å². The second kappa shape index (κ2) is 6.04. The molecule has 0 radical (unpaired) electrons. The molecule has 0 unspecified atom stereocenters. The van der Waals surface area contributed by atoms with E-state index in [1.807, 2.05) is 0 Å². The van der Waals surface area contributed by atoms with Gasteiger partial charge in [0, 0.05) is 30.6 Å². The highest BCUT2D eigenvalue weighted by molar-refractivity contribution is 9.10. The van der Waals surface area contributed by atoms with Crippen molar-refractivity contribution >= 4 is 43.3 Å². The summed E-state index contributed by atoms with van der Waals surface area (Å²) < 4.78 is 31.0. The SMILES string of the molecule is O=C(O)c1cc(S(=O)(=O)NCCc2nccs2)c(Br)o1. The summed E-state index contributed by atoms with van der Waals surface area (Å²) in [6, 6.07) is 0.956. The molecule has 7 nitrogen and oxygen atoms in total. The quantitative estimate of drug-likeness (QED) is 0.789. The van der Waals surface area contributed by atoms with Crippen molar-refractivity contribution in [1.29, 1.82) is 0 Å². The fraction of sp³-hybridized carbons (Fsp3) is 0.200. The number of thiazole rings is 1. The van der Waals surface area contributed by atoms with Gasteiger partial charge in [-0.1, -0.05) is 0 Å². The van der Waals surface area contributed by atoms with E-state index in [0.29, 0.717) is 6.42 Å². The molecule has 0 aliphatic carbocycles. The van der Waals surface area contributed by atoms with Gasteiger partial charge in [0.05, 0.1) is 5.01 Å². The first-order chi connectivity index (χ1) is 9.40. The molecule has 0 atom stereocenters. The molecule has 0 spiro atoms. The van der Waals surface area contributed by atoms with Crippen LogP contribution in [0.25, 0.3) is 0 Å². The number of nitrogens with one attached hydrogen (secondary N) is 1. The highest BCUT2D eigenvalue weighted by Gasteiger charge is 2.24. The van der Waals surface area contributed by atoms with Crippen LogP contribution in [0.1, 0.15) is 15.6 Å². The van der Waals surface area contributed by atoms with E-state index in [1.54, 1.807) is 11.6 Å². The van der Waals surface area contributed by atoms with E-state index in [0.717, 1.165) is 11.1 Å². The molecule has 2 aromatic heterocycles. The largest absolute Gasteiger partial charge is 0.475 e. The number of carboxylic acids is 1. The minimum Gasteiger partial charge on any atom is -0.475 e. The summed E-state index contributed by atoms with van der Waals surface area (Å²) in [4.78, 5) is 14.5. The molecule has 0 aromatic carbocycles. The number of hydrogen-bond donors (Lipinski definition) is 2. The molecule has 108 valence electrons. The van der Waals surface area contributed by atoms with Crippen molar-refractivity contribution in [2.24, 2.45) is 0 Å². The van der Waals surface area contributed by atoms with Crippen LogP contribution in [0.4, 0.5) is 0 Å². The molecule has 2 N–H and O–H groups in total. The molecule has 0 fully saturated rings. The summed E-state index contributed by atoms with van der Waals surface area (Å²) >= 11 is 4.32. The number of furan rings is 1. The molecule has 2 aromatic rings. The zero-order valence-electron chi connectivity index (χ0n) is 9.87. The summed E-state index contributed by atoms with van der Waals surface area (Å²) in [6.07, 6.45) is 2.10. The first kappa shape index (κ1) is 15.2. The number of aromatic nitrogens is 1. The Balaban J connectivity index is 2.08. The van der Waals surface area contributed by atoms with Crippen molar-refractivity contribution in [3.05, 3.63) is 33.1 Å². The molecule has 2 rings (SSSR count). The Hall–Kier alpha value is -1.23. The molecule has 0 saturated heterocycles. The number of nitrogens with zero attached hydrogens (tertiary/aromatic N) is 1. The number of hydrogen-bond acceptors (Lipinski definition) is 6. The molecule has 2 heterocycles. The van der Waals surface area contributed by atoms with Crippen molar-refractivity contribution < 1.29 is 22.7 Å². The van der Waals surface area contributed by atoms with Crippen molar-refractivity contribution in [2.45, 2.75) is 11.3 Å². The number of aromatic carboxylic acids is 1. The highest BCUT2D eigenvalue weighted by Crippen LogP contribution is 2.26. The van der Waals surface area contributed by atoms with Crippen molar-refractivity contribution in [3.63, 3.8) is 0 Å². The van der Waals surface area contributed by atoms with Crippen molar-refractivity contribution in [1.82, 2.24) is 9.71 Å². The first-order valence-corrected chi connectivity index (χ1v) is 8.46. The van der Waals surface area contributed by atoms with Crippen LogP contribution in [0.2, 0.25) is 0 Å². The van der Waals surface area contributed by atoms with E-state index in [2.05, 4.69) is 25.6 Å². The van der Waals surface area contributed by atoms with Gasteiger partial charge >= 0.3 is 5.97 Å². The van der Waals surface area contributed by atoms with Crippen LogP contribution in [-0.2, 0) is 16.4 Å². The lowest BCUT2D eigenvalue weighted by Crippen LogP contribution is -2.25. The fourth-order valence-electron chi connectivity index (χ4n) is 1.39. The number of carbonyl (C=O) groups is 1. The summed E-state index contributed by atoms with van der Waals surface area (Å²) in [6.45, 7) is 0.163. The predicted molar refractivity (Wildman–Crippen MR) is 74.4 cm³/mol. The van der Waals surface area contributed by atoms with Gasteiger partial charge < -0.3 is 9.52 Å². The first-order valence-electron chi connectivity index (χ1n) is 5.31. The fourth-order valence-corrected chi connectivity index (χ4v) is 3.98. The van der Waals surface area contributed by atoms with Crippen LogP contribution in [0.5, 0.6) is 0 Å². The predicted octanol–water partition coefficient (Wildman–Crippen LogP) is 1.72. The summed E-state index contributed by atoms with van der Waals surface area (Å²) in [5.41, 5.74) is 0. The van der Waals surface area contributed by atoms with Crippen LogP contribution in [-0.4, -0.2) is 31.0 Å². The Labute approximate surface area is 126 Å². The topological polar surface area (TPSA) is 110 Å². The third-order valence-electron chi connectivity index (χ3n) is 2.27. The van der Waals surface area contributed by atoms with Gasteiger partial charge in [0.2, 0.25) is 15.8 Å². The Kier molecular flexibility index (Phi) is 4.58. The van der Waals surface area contributed by atoms with E-state index >= 15 is 0 Å².